The van der Waals surface area contributed by atoms with E-state index in [-0.39, 0.29) is 5.91 Å². The molecule has 3 rings (SSSR count). The van der Waals surface area contributed by atoms with Crippen molar-refractivity contribution >= 4 is 44.7 Å². The molecule has 0 saturated heterocycles. The Kier molecular flexibility index (Phi) is 3.37. The Morgan fingerprint density at radius 2 is 2.30 bits per heavy atom. The summed E-state index contributed by atoms with van der Waals surface area (Å²) in [5.74, 6) is -0.193. The molecule has 0 spiro atoms. The first-order chi connectivity index (χ1) is 9.63. The molecule has 0 aliphatic carbocycles. The van der Waals surface area contributed by atoms with Crippen molar-refractivity contribution in [1.29, 1.82) is 0 Å². The topological polar surface area (TPSA) is 59.3 Å². The molecular formula is C13H12N4OS2. The van der Waals surface area contributed by atoms with Crippen LogP contribution in [0.4, 0.5) is 5.13 Å². The van der Waals surface area contributed by atoms with Crippen molar-refractivity contribution < 1.29 is 4.79 Å². The lowest BCUT2D eigenvalue weighted by molar-refractivity contribution is -0.111. The molecule has 0 fully saturated rings. The highest BCUT2D eigenvalue weighted by atomic mass is 32.1. The van der Waals surface area contributed by atoms with Crippen LogP contribution in [-0.4, -0.2) is 20.3 Å². The molecule has 102 valence electrons. The van der Waals surface area contributed by atoms with Gasteiger partial charge in [0.05, 0.1) is 11.4 Å². The number of fused-ring (bicyclic) bond motifs is 1. The zero-order valence-electron chi connectivity index (χ0n) is 11.0. The number of imidazole rings is 1. The van der Waals surface area contributed by atoms with Gasteiger partial charge in [-0.2, -0.15) is 0 Å². The maximum atomic E-state index is 11.8. The maximum absolute atomic E-state index is 11.8. The Morgan fingerprint density at radius 3 is 3.05 bits per heavy atom. The smallest absolute Gasteiger partial charge is 0.250 e. The Bertz CT molecular complexity index is 783. The molecule has 3 heterocycles. The molecule has 0 bridgehead atoms. The van der Waals surface area contributed by atoms with Gasteiger partial charge in [-0.3, -0.25) is 14.5 Å². The molecule has 0 saturated carbocycles. The predicted octanol–water partition coefficient (Wildman–Crippen LogP) is 3.12. The van der Waals surface area contributed by atoms with Crippen molar-refractivity contribution in [3.8, 4) is 0 Å². The fourth-order valence-electron chi connectivity index (χ4n) is 1.87. The number of thiazole rings is 2. The molecule has 20 heavy (non-hydrogen) atoms. The quantitative estimate of drug-likeness (QED) is 0.756. The fourth-order valence-corrected chi connectivity index (χ4v) is 3.28. The summed E-state index contributed by atoms with van der Waals surface area (Å²) >= 11 is 3.03. The number of anilines is 1. The molecule has 0 radical (unpaired) electrons. The molecule has 1 amide bonds. The Labute approximate surface area is 123 Å². The van der Waals surface area contributed by atoms with Gasteiger partial charge in [-0.15, -0.1) is 22.7 Å². The highest BCUT2D eigenvalue weighted by Gasteiger charge is 2.09. The van der Waals surface area contributed by atoms with Crippen LogP contribution in [-0.2, 0) is 4.79 Å². The largest absolute Gasteiger partial charge is 0.298 e. The highest BCUT2D eigenvalue weighted by Crippen LogP contribution is 2.21. The molecule has 0 aromatic carbocycles. The van der Waals surface area contributed by atoms with Crippen molar-refractivity contribution in [3.05, 3.63) is 40.1 Å². The van der Waals surface area contributed by atoms with Gasteiger partial charge in [-0.25, -0.2) is 9.97 Å². The van der Waals surface area contributed by atoms with Gasteiger partial charge in [0.1, 0.15) is 0 Å². The zero-order valence-corrected chi connectivity index (χ0v) is 12.6. The zero-order chi connectivity index (χ0) is 14.1. The molecular weight excluding hydrogens is 292 g/mol. The second kappa shape index (κ2) is 5.18. The first-order valence-corrected chi connectivity index (χ1v) is 7.67. The van der Waals surface area contributed by atoms with E-state index >= 15 is 0 Å². The van der Waals surface area contributed by atoms with Crippen molar-refractivity contribution in [2.45, 2.75) is 13.8 Å². The molecule has 3 aromatic rings. The van der Waals surface area contributed by atoms with E-state index in [4.69, 9.17) is 0 Å². The molecule has 0 aliphatic rings. The van der Waals surface area contributed by atoms with Gasteiger partial charge in [0.25, 0.3) is 0 Å². The fraction of sp³-hybridized carbons (Fsp3) is 0.154. The lowest BCUT2D eigenvalue weighted by atomic mass is 10.3. The summed E-state index contributed by atoms with van der Waals surface area (Å²) in [6.07, 6.45) is 6.97. The number of amides is 1. The van der Waals surface area contributed by atoms with E-state index in [0.29, 0.717) is 5.13 Å². The second-order valence-corrected chi connectivity index (χ2v) is 6.34. The van der Waals surface area contributed by atoms with E-state index in [1.807, 2.05) is 29.8 Å². The lowest BCUT2D eigenvalue weighted by Gasteiger charge is -1.96. The molecule has 7 heteroatoms. The minimum atomic E-state index is -0.193. The normalized spacial score (nSPS) is 11.5. The standard InChI is InChI=1S/C13H12N4OS2/c1-8-7-17-10(9(2)15-13(17)20-8)3-4-11(18)16-12-14-5-6-19-12/h3-7H,1-2H3,(H,14,16,18)/b4-3+. The number of rotatable bonds is 3. The number of carbonyl (C=O) groups is 1. The van der Waals surface area contributed by atoms with Gasteiger partial charge in [0.2, 0.25) is 5.91 Å². The van der Waals surface area contributed by atoms with Crippen LogP contribution >= 0.6 is 22.7 Å². The lowest BCUT2D eigenvalue weighted by Crippen LogP contribution is -2.07. The Morgan fingerprint density at radius 1 is 1.45 bits per heavy atom. The number of nitrogens with zero attached hydrogens (tertiary/aromatic N) is 3. The van der Waals surface area contributed by atoms with E-state index < -0.39 is 0 Å². The van der Waals surface area contributed by atoms with Crippen molar-refractivity contribution in [3.63, 3.8) is 0 Å². The first kappa shape index (κ1) is 13.0. The molecule has 3 aromatic heterocycles. The van der Waals surface area contributed by atoms with E-state index in [9.17, 15) is 4.79 Å². The summed E-state index contributed by atoms with van der Waals surface area (Å²) < 4.78 is 2.00. The number of nitrogens with one attached hydrogen (secondary N) is 1. The number of carbonyl (C=O) groups excluding carboxylic acids is 1. The minimum Gasteiger partial charge on any atom is -0.298 e. The third-order valence-corrected chi connectivity index (χ3v) is 4.30. The average molecular weight is 304 g/mol. The van der Waals surface area contributed by atoms with E-state index in [1.54, 1.807) is 23.6 Å². The van der Waals surface area contributed by atoms with Crippen LogP contribution in [0.1, 0.15) is 16.3 Å². The summed E-state index contributed by atoms with van der Waals surface area (Å²) in [6.45, 7) is 3.98. The van der Waals surface area contributed by atoms with Crippen LogP contribution in [0.15, 0.2) is 23.8 Å². The molecule has 0 aliphatic heterocycles. The first-order valence-electron chi connectivity index (χ1n) is 5.97. The van der Waals surface area contributed by atoms with Crippen LogP contribution < -0.4 is 5.32 Å². The predicted molar refractivity (Wildman–Crippen MR) is 82.3 cm³/mol. The monoisotopic (exact) mass is 304 g/mol. The van der Waals surface area contributed by atoms with Crippen molar-refractivity contribution in [1.82, 2.24) is 14.4 Å². The van der Waals surface area contributed by atoms with Crippen LogP contribution in [0.25, 0.3) is 11.0 Å². The van der Waals surface area contributed by atoms with Gasteiger partial charge in [-0.1, -0.05) is 0 Å². The van der Waals surface area contributed by atoms with E-state index in [1.165, 1.54) is 22.3 Å². The summed E-state index contributed by atoms with van der Waals surface area (Å²) in [6, 6.07) is 0. The maximum Gasteiger partial charge on any atom is 0.250 e. The molecule has 0 unspecified atom stereocenters. The molecule has 5 nitrogen and oxygen atoms in total. The number of aromatic nitrogens is 3. The minimum absolute atomic E-state index is 0.193. The third-order valence-electron chi connectivity index (χ3n) is 2.72. The Hall–Kier alpha value is -1.99. The van der Waals surface area contributed by atoms with Crippen LogP contribution in [0.5, 0.6) is 0 Å². The van der Waals surface area contributed by atoms with Crippen molar-refractivity contribution in [2.24, 2.45) is 0 Å². The Balaban J connectivity index is 1.83. The molecule has 1 N–H and O–H groups in total. The van der Waals surface area contributed by atoms with Gasteiger partial charge in [0, 0.05) is 28.7 Å². The summed E-state index contributed by atoms with van der Waals surface area (Å²) in [7, 11) is 0. The number of hydrogen-bond acceptors (Lipinski definition) is 5. The third kappa shape index (κ3) is 2.50. The van der Waals surface area contributed by atoms with E-state index in [2.05, 4.69) is 15.3 Å². The van der Waals surface area contributed by atoms with Crippen molar-refractivity contribution in [2.75, 3.05) is 5.32 Å². The number of aryl methyl sites for hydroxylation is 2. The molecule has 0 atom stereocenters. The van der Waals surface area contributed by atoms with Crippen LogP contribution in [0.2, 0.25) is 0 Å². The number of hydrogen-bond donors (Lipinski definition) is 1. The second-order valence-electron chi connectivity index (χ2n) is 4.24. The summed E-state index contributed by atoms with van der Waals surface area (Å²) in [4.78, 5) is 22.4. The van der Waals surface area contributed by atoms with Crippen LogP contribution in [0, 0.1) is 13.8 Å². The SMILES string of the molecule is Cc1cn2c(/C=C/C(=O)Nc3nccs3)c(C)nc2s1. The summed E-state index contributed by atoms with van der Waals surface area (Å²) in [5, 5.41) is 5.13. The van der Waals surface area contributed by atoms with E-state index in [0.717, 1.165) is 16.3 Å². The van der Waals surface area contributed by atoms with Gasteiger partial charge in [-0.05, 0) is 19.9 Å². The summed E-state index contributed by atoms with van der Waals surface area (Å²) in [5.41, 5.74) is 1.84. The average Bonchev–Trinajstić information content (AvgIpc) is 3.05. The van der Waals surface area contributed by atoms with Gasteiger partial charge < -0.3 is 0 Å². The van der Waals surface area contributed by atoms with Gasteiger partial charge in [0.15, 0.2) is 10.1 Å². The van der Waals surface area contributed by atoms with Crippen LogP contribution in [0.3, 0.4) is 0 Å². The van der Waals surface area contributed by atoms with Gasteiger partial charge >= 0.3 is 0 Å². The highest BCUT2D eigenvalue weighted by molar-refractivity contribution is 7.17.